The smallest absolute Gasteiger partial charge is 0.463 e. The molecular weight excluding hydrogens is 1410 g/mol. The molecule has 0 aromatic rings. The van der Waals surface area contributed by atoms with Gasteiger partial charge in [0.05, 0.1) is 26.4 Å². The molecule has 0 bridgehead atoms. The van der Waals surface area contributed by atoms with Crippen LogP contribution < -0.4 is 0 Å². The maximum absolute atomic E-state index is 13.0. The van der Waals surface area contributed by atoms with Crippen molar-refractivity contribution in [3.05, 3.63) is 182 Å². The van der Waals surface area contributed by atoms with E-state index < -0.39 is 91.5 Å². The van der Waals surface area contributed by atoms with E-state index in [1.807, 2.05) is 0 Å². The summed E-state index contributed by atoms with van der Waals surface area (Å²) < 4.78 is 61.3. The Bertz CT molecular complexity index is 2710. The highest BCUT2D eigenvalue weighted by Gasteiger charge is 2.29. The summed E-state index contributed by atoms with van der Waals surface area (Å²) in [6, 6.07) is 0. The van der Waals surface area contributed by atoms with Crippen molar-refractivity contribution >= 4 is 33.6 Å². The Hall–Kier alpha value is -5.35. The molecule has 0 aliphatic carbocycles. The summed E-state index contributed by atoms with van der Waals surface area (Å²) in [4.78, 5) is 58.8. The van der Waals surface area contributed by atoms with Crippen molar-refractivity contribution in [1.29, 1.82) is 0 Å². The van der Waals surface area contributed by atoms with Crippen molar-refractivity contribution in [1.82, 2.24) is 0 Å². The Labute approximate surface area is 662 Å². The summed E-state index contributed by atoms with van der Waals surface area (Å²) in [5.41, 5.74) is 0. The van der Waals surface area contributed by atoms with Crippen LogP contribution in [0.15, 0.2) is 182 Å². The quantitative estimate of drug-likeness (QED) is 0.0146. The number of rotatable bonds is 78. The normalized spacial score (nSPS) is 14.8. The third-order valence-electron chi connectivity index (χ3n) is 17.1. The molecule has 18 heteroatoms. The Morgan fingerprint density at radius 1 is 0.257 bits per heavy atom. The lowest BCUT2D eigenvalue weighted by Crippen LogP contribution is -2.30. The highest BCUT2D eigenvalue weighted by Crippen LogP contribution is 2.45. The van der Waals surface area contributed by atoms with E-state index in [0.29, 0.717) is 19.3 Å². The third-order valence-corrected chi connectivity index (χ3v) is 19.0. The van der Waals surface area contributed by atoms with Crippen molar-refractivity contribution in [2.24, 2.45) is 0 Å². The molecule has 16 nitrogen and oxygen atoms in total. The largest absolute Gasteiger partial charge is 0.472 e. The SMILES string of the molecule is CC/C=C\C/C=C\C/C=C\C/C=C\C/C=C\CCCCCCCCCCCCCCCC(=O)OCC(O)COP(=O)(O)OCC(O)COP(=O)(O)OCC(COC(=O)CCCCCCCCCCC/C=C\C/C=C\C/C=C\C/C=C\C/C=C\CC)OC(=O)CCCCC/C=C\C/C=C\C/C=C\C/C=C\C/C=C\CC. The van der Waals surface area contributed by atoms with Crippen LogP contribution in [0.1, 0.15) is 316 Å². The number of aliphatic hydroxyl groups excluding tert-OH is 2. The summed E-state index contributed by atoms with van der Waals surface area (Å²) >= 11 is 0. The number of hydrogen-bond acceptors (Lipinski definition) is 14. The van der Waals surface area contributed by atoms with Gasteiger partial charge in [0.25, 0.3) is 0 Å². The number of allylic oxidation sites excluding steroid dienone is 30. The maximum atomic E-state index is 13.0. The molecule has 620 valence electrons. The van der Waals surface area contributed by atoms with Gasteiger partial charge in [-0.15, -0.1) is 0 Å². The van der Waals surface area contributed by atoms with Crippen molar-refractivity contribution in [2.75, 3.05) is 39.6 Å². The molecule has 0 aromatic heterocycles. The number of hydrogen-bond donors (Lipinski definition) is 4. The standard InChI is InChI=1S/C91H150O16P2/c1-4-7-10-13-16-19-22-25-28-31-34-36-38-40-41-42-43-45-47-48-51-53-56-59-62-65-68-71-74-77-89(94)101-80-86(92)81-103-108(97,98)104-82-87(93)83-105-109(99,100)106-85-88(107-91(96)79-76-73-70-67-64-61-58-55-50-33-30-27-24-21-18-15-12-9-6-3)84-102-90(95)78-75-72-69-66-63-60-57-54-52-49-46-44-39-37-35-32-29-26-23-20-17-14-11-8-5-2/h7-12,16-21,25-30,34-37,40-41,44,46,50,55,61,64,86-88,92-93H,4-6,13-15,22-24,31-33,38-39,42-43,45,47-49,51-54,56-60,62-63,65-85H2,1-3H3,(H,97,98)(H,99,100)/b10-7-,11-8-,12-9-,19-16-,20-17-,21-18-,28-25-,29-26-,30-27-,36-34-,37-35-,41-40-,46-44-,55-50-,64-61-. The van der Waals surface area contributed by atoms with E-state index >= 15 is 0 Å². The monoisotopic (exact) mass is 1560 g/mol. The van der Waals surface area contributed by atoms with Gasteiger partial charge in [0, 0.05) is 19.3 Å². The van der Waals surface area contributed by atoms with Gasteiger partial charge in [-0.05, 0) is 154 Å². The molecule has 109 heavy (non-hydrogen) atoms. The number of carbonyl (C=O) groups is 3. The Morgan fingerprint density at radius 3 is 0.734 bits per heavy atom. The van der Waals surface area contributed by atoms with Crippen LogP contribution in [0.25, 0.3) is 0 Å². The fraction of sp³-hybridized carbons (Fsp3) is 0.637. The van der Waals surface area contributed by atoms with Gasteiger partial charge >= 0.3 is 33.6 Å². The van der Waals surface area contributed by atoms with Crippen LogP contribution in [-0.4, -0.2) is 95.9 Å². The van der Waals surface area contributed by atoms with Gasteiger partial charge in [0.1, 0.15) is 25.4 Å². The predicted octanol–water partition coefficient (Wildman–Crippen LogP) is 25.3. The molecule has 0 saturated heterocycles. The summed E-state index contributed by atoms with van der Waals surface area (Å²) in [6.45, 7) is 2.30. The van der Waals surface area contributed by atoms with Crippen molar-refractivity contribution in [3.63, 3.8) is 0 Å². The first-order valence-electron chi connectivity index (χ1n) is 42.1. The van der Waals surface area contributed by atoms with E-state index in [-0.39, 0.29) is 19.3 Å². The van der Waals surface area contributed by atoms with Gasteiger partial charge in [0.2, 0.25) is 0 Å². The molecule has 0 saturated carbocycles. The van der Waals surface area contributed by atoms with E-state index in [4.69, 9.17) is 32.3 Å². The summed E-state index contributed by atoms with van der Waals surface area (Å²) in [6.07, 6.45) is 106. The fourth-order valence-corrected chi connectivity index (χ4v) is 12.4. The Balaban J connectivity index is 4.64. The number of ether oxygens (including phenoxy) is 3. The molecular formula is C91H150O16P2. The summed E-state index contributed by atoms with van der Waals surface area (Å²) in [5.74, 6) is -1.63. The van der Waals surface area contributed by atoms with E-state index in [0.717, 1.165) is 173 Å². The van der Waals surface area contributed by atoms with Crippen molar-refractivity contribution < 1.29 is 75.8 Å². The van der Waals surface area contributed by atoms with Crippen molar-refractivity contribution in [3.8, 4) is 0 Å². The van der Waals surface area contributed by atoms with Crippen LogP contribution in [-0.2, 0) is 55.8 Å². The number of phosphoric ester groups is 2. The average Bonchev–Trinajstić information content (AvgIpc) is 0.902. The highest BCUT2D eigenvalue weighted by molar-refractivity contribution is 7.47. The second-order valence-electron chi connectivity index (χ2n) is 27.5. The number of aliphatic hydroxyl groups is 2. The van der Waals surface area contributed by atoms with Gasteiger partial charge in [-0.3, -0.25) is 32.5 Å². The lowest BCUT2D eigenvalue weighted by molar-refractivity contribution is -0.161. The zero-order chi connectivity index (χ0) is 79.4. The molecule has 0 aliphatic heterocycles. The first kappa shape index (κ1) is 104. The van der Waals surface area contributed by atoms with Gasteiger partial charge in [-0.1, -0.05) is 325 Å². The maximum Gasteiger partial charge on any atom is 0.472 e. The second-order valence-corrected chi connectivity index (χ2v) is 30.4. The molecule has 0 spiro atoms. The summed E-state index contributed by atoms with van der Waals surface area (Å²) in [7, 11) is -9.82. The molecule has 0 amide bonds. The average molecular weight is 1560 g/mol. The molecule has 0 rings (SSSR count). The van der Waals surface area contributed by atoms with Crippen LogP contribution >= 0.6 is 15.6 Å². The van der Waals surface area contributed by atoms with Gasteiger partial charge < -0.3 is 34.2 Å². The van der Waals surface area contributed by atoms with Gasteiger partial charge in [-0.25, -0.2) is 9.13 Å². The summed E-state index contributed by atoms with van der Waals surface area (Å²) in [5, 5.41) is 20.7. The van der Waals surface area contributed by atoms with Crippen molar-refractivity contribution in [2.45, 2.75) is 334 Å². The van der Waals surface area contributed by atoms with Gasteiger partial charge in [-0.2, -0.15) is 0 Å². The van der Waals surface area contributed by atoms with Crippen LogP contribution in [0, 0.1) is 0 Å². The fourth-order valence-electron chi connectivity index (χ4n) is 10.8. The number of unbranched alkanes of at least 4 members (excludes halogenated alkanes) is 25. The number of phosphoric acid groups is 2. The van der Waals surface area contributed by atoms with Crippen LogP contribution in [0.5, 0.6) is 0 Å². The van der Waals surface area contributed by atoms with Crippen LogP contribution in [0.2, 0.25) is 0 Å². The molecule has 0 fully saturated rings. The zero-order valence-corrected chi connectivity index (χ0v) is 69.7. The molecule has 5 unspecified atom stereocenters. The molecule has 0 aliphatic rings. The minimum absolute atomic E-state index is 0.0578. The topological polar surface area (TPSA) is 231 Å². The minimum Gasteiger partial charge on any atom is -0.463 e. The van der Waals surface area contributed by atoms with Gasteiger partial charge in [0.15, 0.2) is 6.10 Å². The lowest BCUT2D eigenvalue weighted by Gasteiger charge is -2.21. The zero-order valence-electron chi connectivity index (χ0n) is 67.9. The molecule has 5 atom stereocenters. The predicted molar refractivity (Wildman–Crippen MR) is 454 cm³/mol. The van der Waals surface area contributed by atoms with Crippen LogP contribution in [0.3, 0.4) is 0 Å². The molecule has 4 N–H and O–H groups in total. The molecule has 0 heterocycles. The molecule has 0 aromatic carbocycles. The number of carbonyl (C=O) groups excluding carboxylic acids is 3. The first-order valence-corrected chi connectivity index (χ1v) is 45.1. The minimum atomic E-state index is -4.95. The first-order chi connectivity index (χ1) is 53.2. The lowest BCUT2D eigenvalue weighted by atomic mass is 10.0. The van der Waals surface area contributed by atoms with E-state index in [1.54, 1.807) is 0 Å². The third kappa shape index (κ3) is 83.4. The van der Waals surface area contributed by atoms with E-state index in [2.05, 4.69) is 203 Å². The number of esters is 3. The van der Waals surface area contributed by atoms with E-state index in [1.165, 1.54) is 83.5 Å². The molecule has 0 radical (unpaired) electrons. The highest BCUT2D eigenvalue weighted by atomic mass is 31.2. The Kier molecular flexibility index (Phi) is 78.1. The Morgan fingerprint density at radius 2 is 0.459 bits per heavy atom. The second kappa shape index (κ2) is 82.1. The van der Waals surface area contributed by atoms with E-state index in [9.17, 15) is 43.5 Å². The van der Waals surface area contributed by atoms with Crippen LogP contribution in [0.4, 0.5) is 0 Å².